The standard InChI is InChI=1S/C22H31N7S/c1-16-7-9-17(10-8-16)29-20(24)18(14-23)19(28-29)6-4-12-26-21(25-3)27-15-22(2)11-5-13-30-22/h7-10H,4-6,11-13,15,24H2,1-3H3,(H2,25,26,27). The second kappa shape index (κ2) is 9.90. The number of aliphatic imine (C=N–C) groups is 1. The van der Waals surface area contributed by atoms with Crippen LogP contribution in [0.5, 0.6) is 0 Å². The van der Waals surface area contributed by atoms with E-state index in [1.54, 1.807) is 11.7 Å². The molecule has 0 saturated carbocycles. The third-order valence-corrected chi connectivity index (χ3v) is 6.96. The molecule has 1 saturated heterocycles. The zero-order chi connectivity index (χ0) is 21.6. The Morgan fingerprint density at radius 1 is 1.37 bits per heavy atom. The van der Waals surface area contributed by atoms with Crippen LogP contribution in [0.4, 0.5) is 5.82 Å². The molecule has 1 aliphatic rings. The van der Waals surface area contributed by atoms with E-state index in [-0.39, 0.29) is 0 Å². The number of nitrogens with one attached hydrogen (secondary N) is 2. The van der Waals surface area contributed by atoms with Gasteiger partial charge in [0.25, 0.3) is 0 Å². The Labute approximate surface area is 183 Å². The number of aromatic nitrogens is 2. The van der Waals surface area contributed by atoms with Crippen molar-refractivity contribution in [2.24, 2.45) is 4.99 Å². The predicted octanol–water partition coefficient (Wildman–Crippen LogP) is 3.02. The van der Waals surface area contributed by atoms with Crippen LogP contribution in [-0.4, -0.2) is 46.4 Å². The van der Waals surface area contributed by atoms with Crippen LogP contribution >= 0.6 is 11.8 Å². The average molecular weight is 426 g/mol. The minimum atomic E-state index is 0.291. The third-order valence-electron chi connectivity index (χ3n) is 5.42. The monoisotopic (exact) mass is 425 g/mol. The van der Waals surface area contributed by atoms with E-state index < -0.39 is 0 Å². The number of rotatable bonds is 7. The number of nitrogens with two attached hydrogens (primary N) is 1. The molecule has 1 aromatic carbocycles. The van der Waals surface area contributed by atoms with Crippen molar-refractivity contribution < 1.29 is 0 Å². The fourth-order valence-corrected chi connectivity index (χ4v) is 4.83. The van der Waals surface area contributed by atoms with Gasteiger partial charge in [0.2, 0.25) is 0 Å². The molecule has 0 bridgehead atoms. The zero-order valence-corrected chi connectivity index (χ0v) is 18.9. The molecule has 1 fully saturated rings. The van der Waals surface area contributed by atoms with E-state index in [0.717, 1.165) is 36.9 Å². The van der Waals surface area contributed by atoms with Crippen molar-refractivity contribution in [3.63, 3.8) is 0 Å². The van der Waals surface area contributed by atoms with Crippen molar-refractivity contribution in [1.29, 1.82) is 5.26 Å². The Kier molecular flexibility index (Phi) is 7.27. The number of nitrogen functional groups attached to an aromatic ring is 1. The first kappa shape index (κ1) is 22.0. The van der Waals surface area contributed by atoms with E-state index in [0.29, 0.717) is 22.5 Å². The summed E-state index contributed by atoms with van der Waals surface area (Å²) in [7, 11) is 1.79. The first-order valence-electron chi connectivity index (χ1n) is 10.4. The molecule has 8 heteroatoms. The minimum Gasteiger partial charge on any atom is -0.382 e. The summed E-state index contributed by atoms with van der Waals surface area (Å²) in [6.45, 7) is 5.99. The molecular weight excluding hydrogens is 394 g/mol. The minimum absolute atomic E-state index is 0.291. The second-order valence-electron chi connectivity index (χ2n) is 7.92. The summed E-state index contributed by atoms with van der Waals surface area (Å²) in [5.41, 5.74) is 9.42. The van der Waals surface area contributed by atoms with Crippen molar-refractivity contribution in [1.82, 2.24) is 20.4 Å². The maximum atomic E-state index is 9.55. The molecule has 0 amide bonds. The van der Waals surface area contributed by atoms with Gasteiger partial charge in [-0.2, -0.15) is 22.1 Å². The van der Waals surface area contributed by atoms with E-state index in [2.05, 4.69) is 33.7 Å². The number of thioether (sulfide) groups is 1. The maximum absolute atomic E-state index is 9.55. The van der Waals surface area contributed by atoms with Crippen LogP contribution in [0, 0.1) is 18.3 Å². The molecule has 0 aliphatic carbocycles. The van der Waals surface area contributed by atoms with Gasteiger partial charge in [0.15, 0.2) is 5.96 Å². The maximum Gasteiger partial charge on any atom is 0.191 e. The number of nitrogens with zero attached hydrogens (tertiary/aromatic N) is 4. The molecule has 3 rings (SSSR count). The molecule has 1 aromatic heterocycles. The molecule has 7 nitrogen and oxygen atoms in total. The van der Waals surface area contributed by atoms with Gasteiger partial charge in [-0.3, -0.25) is 4.99 Å². The Balaban J connectivity index is 1.54. The summed E-state index contributed by atoms with van der Waals surface area (Å²) in [6, 6.07) is 10.2. The van der Waals surface area contributed by atoms with Crippen LogP contribution in [0.2, 0.25) is 0 Å². The first-order chi connectivity index (χ1) is 14.5. The number of guanidine groups is 1. The Bertz CT molecular complexity index is 918. The fraction of sp³-hybridized carbons (Fsp3) is 0.500. The quantitative estimate of drug-likeness (QED) is 0.358. The largest absolute Gasteiger partial charge is 0.382 e. The van der Waals surface area contributed by atoms with Gasteiger partial charge in [-0.1, -0.05) is 17.7 Å². The molecule has 0 spiro atoms. The number of nitriles is 1. The van der Waals surface area contributed by atoms with Gasteiger partial charge in [0.05, 0.1) is 11.4 Å². The molecule has 1 aliphatic heterocycles. The lowest BCUT2D eigenvalue weighted by atomic mass is 10.1. The molecule has 1 unspecified atom stereocenters. The van der Waals surface area contributed by atoms with Crippen LogP contribution in [-0.2, 0) is 6.42 Å². The van der Waals surface area contributed by atoms with E-state index in [1.807, 2.05) is 43.0 Å². The number of hydrogen-bond donors (Lipinski definition) is 3. The molecule has 2 heterocycles. The lowest BCUT2D eigenvalue weighted by molar-refractivity contribution is 0.583. The lowest BCUT2D eigenvalue weighted by Crippen LogP contribution is -2.43. The SMILES string of the molecule is CN=C(NCCCc1nn(-c2ccc(C)cc2)c(N)c1C#N)NCC1(C)CCCS1. The van der Waals surface area contributed by atoms with Gasteiger partial charge < -0.3 is 16.4 Å². The summed E-state index contributed by atoms with van der Waals surface area (Å²) in [4.78, 5) is 4.32. The summed E-state index contributed by atoms with van der Waals surface area (Å²) < 4.78 is 1.95. The van der Waals surface area contributed by atoms with E-state index >= 15 is 0 Å². The van der Waals surface area contributed by atoms with Crippen molar-refractivity contribution >= 4 is 23.5 Å². The number of hydrogen-bond acceptors (Lipinski definition) is 5. The summed E-state index contributed by atoms with van der Waals surface area (Å²) in [5.74, 6) is 2.45. The summed E-state index contributed by atoms with van der Waals surface area (Å²) >= 11 is 2.03. The topological polar surface area (TPSA) is 104 Å². The van der Waals surface area contributed by atoms with E-state index in [4.69, 9.17) is 5.73 Å². The van der Waals surface area contributed by atoms with Crippen molar-refractivity contribution in [3.8, 4) is 11.8 Å². The Hall–Kier alpha value is -2.66. The zero-order valence-electron chi connectivity index (χ0n) is 18.0. The summed E-state index contributed by atoms with van der Waals surface area (Å²) in [5, 5.41) is 21.0. The van der Waals surface area contributed by atoms with Crippen molar-refractivity contribution in [3.05, 3.63) is 41.1 Å². The van der Waals surface area contributed by atoms with Crippen LogP contribution in [0.15, 0.2) is 29.3 Å². The molecule has 2 aromatic rings. The van der Waals surface area contributed by atoms with Crippen LogP contribution in [0.1, 0.15) is 43.0 Å². The van der Waals surface area contributed by atoms with Gasteiger partial charge in [0.1, 0.15) is 17.5 Å². The summed E-state index contributed by atoms with van der Waals surface area (Å²) in [6.07, 6.45) is 4.02. The van der Waals surface area contributed by atoms with E-state index in [1.165, 1.54) is 24.2 Å². The highest BCUT2D eigenvalue weighted by Crippen LogP contribution is 2.36. The van der Waals surface area contributed by atoms with Crippen LogP contribution < -0.4 is 16.4 Å². The molecule has 1 atom stereocenters. The van der Waals surface area contributed by atoms with Crippen molar-refractivity contribution in [2.75, 3.05) is 31.6 Å². The number of anilines is 1. The third kappa shape index (κ3) is 5.28. The normalized spacial score (nSPS) is 18.9. The van der Waals surface area contributed by atoms with Gasteiger partial charge in [-0.25, -0.2) is 4.68 Å². The average Bonchev–Trinajstić information content (AvgIpc) is 3.31. The molecule has 0 radical (unpaired) electrons. The Morgan fingerprint density at radius 3 is 2.77 bits per heavy atom. The molecule has 160 valence electrons. The van der Waals surface area contributed by atoms with Gasteiger partial charge >= 0.3 is 0 Å². The van der Waals surface area contributed by atoms with Gasteiger partial charge in [-0.05, 0) is 57.4 Å². The highest BCUT2D eigenvalue weighted by Gasteiger charge is 2.29. The highest BCUT2D eigenvalue weighted by molar-refractivity contribution is 8.00. The Morgan fingerprint density at radius 2 is 2.13 bits per heavy atom. The molecular formula is C22H31N7S. The smallest absolute Gasteiger partial charge is 0.191 e. The van der Waals surface area contributed by atoms with Crippen LogP contribution in [0.3, 0.4) is 0 Å². The number of benzene rings is 1. The number of aryl methyl sites for hydroxylation is 2. The second-order valence-corrected chi connectivity index (χ2v) is 9.61. The van der Waals surface area contributed by atoms with E-state index in [9.17, 15) is 5.26 Å². The lowest BCUT2D eigenvalue weighted by Gasteiger charge is -2.24. The van der Waals surface area contributed by atoms with Crippen molar-refractivity contribution in [2.45, 2.75) is 44.3 Å². The molecule has 30 heavy (non-hydrogen) atoms. The molecule has 4 N–H and O–H groups in total. The van der Waals surface area contributed by atoms with Gasteiger partial charge in [0, 0.05) is 24.9 Å². The fourth-order valence-electron chi connectivity index (χ4n) is 3.59. The first-order valence-corrected chi connectivity index (χ1v) is 11.4. The predicted molar refractivity (Wildman–Crippen MR) is 125 cm³/mol. The highest BCUT2D eigenvalue weighted by atomic mass is 32.2. The van der Waals surface area contributed by atoms with Crippen LogP contribution in [0.25, 0.3) is 5.69 Å². The van der Waals surface area contributed by atoms with Gasteiger partial charge in [-0.15, -0.1) is 0 Å².